The van der Waals surface area contributed by atoms with Crippen molar-refractivity contribution in [3.8, 4) is 0 Å². The smallest absolute Gasteiger partial charge is 0.352 e. The fourth-order valence-electron chi connectivity index (χ4n) is 1.74. The second-order valence-corrected chi connectivity index (χ2v) is 4.79. The molecule has 0 radical (unpaired) electrons. The Hall–Kier alpha value is -1.55. The van der Waals surface area contributed by atoms with Crippen LogP contribution in [0.3, 0.4) is 0 Å². The summed E-state index contributed by atoms with van der Waals surface area (Å²) < 4.78 is 2.81. The van der Waals surface area contributed by atoms with Gasteiger partial charge < -0.3 is 9.67 Å². The number of aromatic carboxylic acids is 1. The van der Waals surface area contributed by atoms with Crippen molar-refractivity contribution in [3.05, 3.63) is 57.8 Å². The van der Waals surface area contributed by atoms with Crippen molar-refractivity contribution in [1.29, 1.82) is 0 Å². The molecule has 0 aliphatic heterocycles. The molecule has 0 spiro atoms. The summed E-state index contributed by atoms with van der Waals surface area (Å²) in [6, 6.07) is 11.3. The van der Waals surface area contributed by atoms with Crippen LogP contribution in [0.25, 0.3) is 0 Å². The number of benzene rings is 1. The normalized spacial score (nSPS) is 10.5. The number of nitrogens with zero attached hydrogens (tertiary/aromatic N) is 1. The minimum Gasteiger partial charge on any atom is -0.477 e. The molecule has 2 aromatic rings. The summed E-state index contributed by atoms with van der Waals surface area (Å²) in [5.41, 5.74) is 2.35. The molecule has 3 nitrogen and oxygen atoms in total. The van der Waals surface area contributed by atoms with Gasteiger partial charge in [-0.05, 0) is 36.8 Å². The van der Waals surface area contributed by atoms with Crippen molar-refractivity contribution in [2.45, 2.75) is 13.5 Å². The third-order valence-electron chi connectivity index (χ3n) is 2.67. The van der Waals surface area contributed by atoms with Crippen molar-refractivity contribution in [2.75, 3.05) is 0 Å². The largest absolute Gasteiger partial charge is 0.477 e. The van der Waals surface area contributed by atoms with Crippen LogP contribution in [0.2, 0.25) is 0 Å². The lowest BCUT2D eigenvalue weighted by Gasteiger charge is -2.09. The Labute approximate surface area is 108 Å². The van der Waals surface area contributed by atoms with Crippen molar-refractivity contribution >= 4 is 21.9 Å². The first kappa shape index (κ1) is 11.9. The van der Waals surface area contributed by atoms with E-state index in [9.17, 15) is 4.79 Å². The molecule has 0 fully saturated rings. The number of halogens is 1. The molecule has 1 aromatic carbocycles. The van der Waals surface area contributed by atoms with Crippen molar-refractivity contribution < 1.29 is 9.90 Å². The molecule has 0 aliphatic rings. The molecule has 1 heterocycles. The lowest BCUT2D eigenvalue weighted by atomic mass is 10.2. The summed E-state index contributed by atoms with van der Waals surface area (Å²) in [6.45, 7) is 2.49. The van der Waals surface area contributed by atoms with E-state index < -0.39 is 5.97 Å². The minimum atomic E-state index is -0.893. The summed E-state index contributed by atoms with van der Waals surface area (Å²) in [4.78, 5) is 11.1. The molecule has 0 bridgehead atoms. The zero-order valence-corrected chi connectivity index (χ0v) is 10.9. The fraction of sp³-hybridized carbons (Fsp3) is 0.154. The second-order valence-electron chi connectivity index (χ2n) is 3.88. The number of hydrogen-bond acceptors (Lipinski definition) is 1. The quantitative estimate of drug-likeness (QED) is 0.943. The Morgan fingerprint density at radius 2 is 1.88 bits per heavy atom. The summed E-state index contributed by atoms with van der Waals surface area (Å²) in [7, 11) is 0. The molecule has 0 amide bonds. The Kier molecular flexibility index (Phi) is 3.33. The molecule has 0 saturated heterocycles. The van der Waals surface area contributed by atoms with Crippen LogP contribution in [-0.2, 0) is 6.54 Å². The molecule has 0 saturated carbocycles. The molecule has 88 valence electrons. The summed E-state index contributed by atoms with van der Waals surface area (Å²) in [5, 5.41) is 9.07. The van der Waals surface area contributed by atoms with Gasteiger partial charge >= 0.3 is 5.97 Å². The van der Waals surface area contributed by atoms with E-state index in [1.165, 1.54) is 0 Å². The minimum absolute atomic E-state index is 0.324. The van der Waals surface area contributed by atoms with Gasteiger partial charge in [-0.2, -0.15) is 0 Å². The van der Waals surface area contributed by atoms with E-state index >= 15 is 0 Å². The van der Waals surface area contributed by atoms with Gasteiger partial charge in [-0.25, -0.2) is 4.79 Å². The number of rotatable bonds is 3. The van der Waals surface area contributed by atoms with E-state index in [2.05, 4.69) is 15.9 Å². The highest BCUT2D eigenvalue weighted by atomic mass is 79.9. The number of hydrogen-bond donors (Lipinski definition) is 1. The van der Waals surface area contributed by atoms with Gasteiger partial charge in [0.2, 0.25) is 0 Å². The van der Waals surface area contributed by atoms with Crippen LogP contribution in [0.1, 0.15) is 21.7 Å². The maximum atomic E-state index is 11.1. The predicted octanol–water partition coefficient (Wildman–Crippen LogP) is 3.31. The molecule has 0 unspecified atom stereocenters. The molecular formula is C13H12BrNO2. The van der Waals surface area contributed by atoms with Crippen LogP contribution >= 0.6 is 15.9 Å². The predicted molar refractivity (Wildman–Crippen MR) is 69.4 cm³/mol. The third kappa shape index (κ3) is 2.58. The first-order valence-electron chi connectivity index (χ1n) is 5.22. The Morgan fingerprint density at radius 3 is 2.47 bits per heavy atom. The summed E-state index contributed by atoms with van der Waals surface area (Å²) >= 11 is 3.37. The summed E-state index contributed by atoms with van der Waals surface area (Å²) in [6.07, 6.45) is 0. The van der Waals surface area contributed by atoms with Gasteiger partial charge in [0.25, 0.3) is 0 Å². The molecule has 2 rings (SSSR count). The zero-order valence-electron chi connectivity index (χ0n) is 9.35. The zero-order chi connectivity index (χ0) is 12.4. The number of aromatic nitrogens is 1. The maximum absolute atomic E-state index is 11.1. The Bertz CT molecular complexity index is 543. The van der Waals surface area contributed by atoms with E-state index in [0.717, 1.165) is 15.7 Å². The van der Waals surface area contributed by atoms with Crippen LogP contribution < -0.4 is 0 Å². The topological polar surface area (TPSA) is 42.2 Å². The van der Waals surface area contributed by atoms with Crippen LogP contribution in [0, 0.1) is 6.92 Å². The van der Waals surface area contributed by atoms with E-state index in [1.54, 1.807) is 10.6 Å². The number of carbonyl (C=O) groups is 1. The average molecular weight is 294 g/mol. The van der Waals surface area contributed by atoms with Crippen LogP contribution in [0.15, 0.2) is 40.9 Å². The Balaban J connectivity index is 2.32. The average Bonchev–Trinajstić information content (AvgIpc) is 2.64. The Morgan fingerprint density at radius 1 is 1.24 bits per heavy atom. The number of aryl methyl sites for hydroxylation is 1. The molecule has 1 aromatic heterocycles. The second kappa shape index (κ2) is 4.75. The summed E-state index contributed by atoms with van der Waals surface area (Å²) in [5.74, 6) is -0.893. The number of carboxylic acid groups (broad SMARTS) is 1. The first-order valence-corrected chi connectivity index (χ1v) is 6.01. The van der Waals surface area contributed by atoms with Crippen molar-refractivity contribution in [1.82, 2.24) is 4.57 Å². The SMILES string of the molecule is Cc1ccc(C(=O)O)n1Cc1ccc(Br)cc1. The van der Waals surface area contributed by atoms with E-state index in [0.29, 0.717) is 12.2 Å². The van der Waals surface area contributed by atoms with Gasteiger partial charge in [-0.1, -0.05) is 28.1 Å². The van der Waals surface area contributed by atoms with Gasteiger partial charge in [0.15, 0.2) is 0 Å². The van der Waals surface area contributed by atoms with Gasteiger partial charge in [-0.15, -0.1) is 0 Å². The lowest BCUT2D eigenvalue weighted by Crippen LogP contribution is -2.10. The van der Waals surface area contributed by atoms with Gasteiger partial charge in [0.05, 0.1) is 0 Å². The molecule has 0 atom stereocenters. The lowest BCUT2D eigenvalue weighted by molar-refractivity contribution is 0.0685. The van der Waals surface area contributed by atoms with Crippen LogP contribution in [0.5, 0.6) is 0 Å². The highest BCUT2D eigenvalue weighted by Gasteiger charge is 2.11. The molecule has 4 heteroatoms. The monoisotopic (exact) mass is 293 g/mol. The van der Waals surface area contributed by atoms with Crippen molar-refractivity contribution in [2.24, 2.45) is 0 Å². The highest BCUT2D eigenvalue weighted by molar-refractivity contribution is 9.10. The fourth-order valence-corrected chi connectivity index (χ4v) is 2.00. The molecule has 0 aliphatic carbocycles. The molecule has 17 heavy (non-hydrogen) atoms. The number of carboxylic acids is 1. The van der Waals surface area contributed by atoms with E-state index in [-0.39, 0.29) is 0 Å². The van der Waals surface area contributed by atoms with Crippen LogP contribution in [0.4, 0.5) is 0 Å². The molecular weight excluding hydrogens is 282 g/mol. The molecule has 1 N–H and O–H groups in total. The van der Waals surface area contributed by atoms with E-state index in [1.807, 2.05) is 37.3 Å². The standard InChI is InChI=1S/C13H12BrNO2/c1-9-2-7-12(13(16)17)15(9)8-10-3-5-11(14)6-4-10/h2-7H,8H2,1H3,(H,16,17). The van der Waals surface area contributed by atoms with Crippen LogP contribution in [-0.4, -0.2) is 15.6 Å². The van der Waals surface area contributed by atoms with Gasteiger partial charge in [0.1, 0.15) is 5.69 Å². The highest BCUT2D eigenvalue weighted by Crippen LogP contribution is 2.15. The third-order valence-corrected chi connectivity index (χ3v) is 3.20. The van der Waals surface area contributed by atoms with Gasteiger partial charge in [-0.3, -0.25) is 0 Å². The van der Waals surface area contributed by atoms with Gasteiger partial charge in [0, 0.05) is 16.7 Å². The van der Waals surface area contributed by atoms with Crippen molar-refractivity contribution in [3.63, 3.8) is 0 Å². The maximum Gasteiger partial charge on any atom is 0.352 e. The van der Waals surface area contributed by atoms with E-state index in [4.69, 9.17) is 5.11 Å². The first-order chi connectivity index (χ1) is 8.08.